The van der Waals surface area contributed by atoms with Gasteiger partial charge in [-0.05, 0) is 36.2 Å². The van der Waals surface area contributed by atoms with Gasteiger partial charge in [-0.2, -0.15) is 0 Å². The average molecular weight is 452 g/mol. The molecule has 3 aromatic rings. The maximum Gasteiger partial charge on any atom is 0.272 e. The Morgan fingerprint density at radius 1 is 1.21 bits per heavy atom. The summed E-state index contributed by atoms with van der Waals surface area (Å²) in [5.41, 5.74) is 2.11. The number of aryl methyl sites for hydroxylation is 1. The number of halogens is 1. The molecule has 0 aromatic carbocycles. The maximum absolute atomic E-state index is 13.8. The number of hydrogen-bond donors (Lipinski definition) is 1. The third-order valence-electron chi connectivity index (χ3n) is 5.41. The van der Waals surface area contributed by atoms with Gasteiger partial charge in [0.15, 0.2) is 17.3 Å². The Balaban J connectivity index is 1.32. The molecule has 1 N–H and O–H groups in total. The molecule has 0 unspecified atom stereocenters. The van der Waals surface area contributed by atoms with Crippen LogP contribution in [0, 0.1) is 12.7 Å². The Kier molecular flexibility index (Phi) is 6.92. The van der Waals surface area contributed by atoms with Crippen LogP contribution in [0.3, 0.4) is 0 Å². The molecule has 1 aliphatic heterocycles. The lowest BCUT2D eigenvalue weighted by molar-refractivity contribution is 0.0944. The van der Waals surface area contributed by atoms with Gasteiger partial charge in [-0.1, -0.05) is 0 Å². The topological polar surface area (TPSA) is 102 Å². The van der Waals surface area contributed by atoms with E-state index in [9.17, 15) is 9.18 Å². The molecule has 0 spiro atoms. The van der Waals surface area contributed by atoms with E-state index in [4.69, 9.17) is 9.47 Å². The van der Waals surface area contributed by atoms with Crippen molar-refractivity contribution in [1.29, 1.82) is 0 Å². The minimum Gasteiger partial charge on any atom is -0.489 e. The molecule has 9 nitrogen and oxygen atoms in total. The number of carbonyl (C=O) groups excluding carboxylic acids is 1. The second-order valence-corrected chi connectivity index (χ2v) is 7.74. The SMILES string of the molecule is COc1ncc(OC2CCN(c3nnc(C(=O)NCc4ccncc4)cc3C)CC2)cc1F. The van der Waals surface area contributed by atoms with Gasteiger partial charge in [0.25, 0.3) is 5.91 Å². The van der Waals surface area contributed by atoms with Crippen LogP contribution in [0.1, 0.15) is 34.5 Å². The van der Waals surface area contributed by atoms with E-state index in [1.807, 2.05) is 19.1 Å². The molecule has 1 saturated heterocycles. The van der Waals surface area contributed by atoms with Crippen LogP contribution in [-0.2, 0) is 6.54 Å². The Hall–Kier alpha value is -3.82. The fourth-order valence-corrected chi connectivity index (χ4v) is 3.68. The van der Waals surface area contributed by atoms with Crippen LogP contribution in [0.25, 0.3) is 0 Å². The largest absolute Gasteiger partial charge is 0.489 e. The van der Waals surface area contributed by atoms with Crippen molar-refractivity contribution in [3.63, 3.8) is 0 Å². The van der Waals surface area contributed by atoms with E-state index in [0.717, 1.165) is 29.8 Å². The molecule has 1 fully saturated rings. The van der Waals surface area contributed by atoms with Gasteiger partial charge in [-0.25, -0.2) is 9.37 Å². The fraction of sp³-hybridized carbons (Fsp3) is 0.348. The van der Waals surface area contributed by atoms with Gasteiger partial charge in [0.05, 0.1) is 13.3 Å². The van der Waals surface area contributed by atoms with Gasteiger partial charge in [0.2, 0.25) is 5.88 Å². The standard InChI is InChI=1S/C23H25FN6O3/c1-15-11-20(22(31)26-13-16-3-7-25-8-4-16)28-29-21(15)30-9-5-17(6-10-30)33-18-12-19(24)23(32-2)27-14-18/h3-4,7-8,11-12,14,17H,5-6,9-10,13H2,1-2H3,(H,26,31). The summed E-state index contributed by atoms with van der Waals surface area (Å²) in [5, 5.41) is 11.3. The number of nitrogens with zero attached hydrogens (tertiary/aromatic N) is 5. The zero-order valence-electron chi connectivity index (χ0n) is 18.5. The van der Waals surface area contributed by atoms with Gasteiger partial charge in [-0.3, -0.25) is 9.78 Å². The summed E-state index contributed by atoms with van der Waals surface area (Å²) in [6, 6.07) is 6.72. The third kappa shape index (κ3) is 5.51. The van der Waals surface area contributed by atoms with Crippen molar-refractivity contribution in [3.8, 4) is 11.6 Å². The summed E-state index contributed by atoms with van der Waals surface area (Å²) in [7, 11) is 1.37. The molecule has 172 valence electrons. The molecule has 1 amide bonds. The van der Waals surface area contributed by atoms with Crippen LogP contribution in [0.15, 0.2) is 42.9 Å². The predicted octanol–water partition coefficient (Wildman–Crippen LogP) is 2.70. The van der Waals surface area contributed by atoms with Crippen LogP contribution >= 0.6 is 0 Å². The first kappa shape index (κ1) is 22.4. The Labute approximate surface area is 191 Å². The Morgan fingerprint density at radius 2 is 1.97 bits per heavy atom. The first-order chi connectivity index (χ1) is 16.0. The van der Waals surface area contributed by atoms with E-state index >= 15 is 0 Å². The number of anilines is 1. The summed E-state index contributed by atoms with van der Waals surface area (Å²) in [6.07, 6.45) is 6.25. The number of nitrogens with one attached hydrogen (secondary N) is 1. The highest BCUT2D eigenvalue weighted by atomic mass is 19.1. The number of amides is 1. The molecule has 0 saturated carbocycles. The lowest BCUT2D eigenvalue weighted by Crippen LogP contribution is -2.39. The Bertz CT molecular complexity index is 1110. The van der Waals surface area contributed by atoms with Crippen LogP contribution in [-0.4, -0.2) is 52.4 Å². The van der Waals surface area contributed by atoms with Crippen LogP contribution in [0.5, 0.6) is 11.6 Å². The first-order valence-electron chi connectivity index (χ1n) is 10.7. The second kappa shape index (κ2) is 10.2. The molecule has 0 radical (unpaired) electrons. The van der Waals surface area contributed by atoms with Crippen molar-refractivity contribution >= 4 is 11.7 Å². The zero-order valence-corrected chi connectivity index (χ0v) is 18.5. The van der Waals surface area contributed by atoms with E-state index < -0.39 is 5.82 Å². The van der Waals surface area contributed by atoms with E-state index in [0.29, 0.717) is 25.4 Å². The molecule has 0 bridgehead atoms. The van der Waals surface area contributed by atoms with Crippen molar-refractivity contribution in [2.45, 2.75) is 32.4 Å². The molecule has 4 rings (SSSR count). The second-order valence-electron chi connectivity index (χ2n) is 7.74. The molecular formula is C23H25FN6O3. The molecule has 33 heavy (non-hydrogen) atoms. The van der Waals surface area contributed by atoms with Gasteiger partial charge in [0.1, 0.15) is 11.9 Å². The maximum atomic E-state index is 13.8. The van der Waals surface area contributed by atoms with E-state index in [2.05, 4.69) is 30.4 Å². The molecule has 0 aliphatic carbocycles. The van der Waals surface area contributed by atoms with E-state index in [1.165, 1.54) is 19.4 Å². The molecule has 4 heterocycles. The van der Waals surface area contributed by atoms with Crippen molar-refractivity contribution in [2.75, 3.05) is 25.1 Å². The van der Waals surface area contributed by atoms with Crippen molar-refractivity contribution in [3.05, 3.63) is 65.5 Å². The van der Waals surface area contributed by atoms with Crippen LogP contribution < -0.4 is 19.7 Å². The number of methoxy groups -OCH3 is 1. The molecule has 1 aliphatic rings. The van der Waals surface area contributed by atoms with Gasteiger partial charge in [-0.15, -0.1) is 10.2 Å². The minimum absolute atomic E-state index is 0.0534. The van der Waals surface area contributed by atoms with Crippen molar-refractivity contribution in [1.82, 2.24) is 25.5 Å². The Morgan fingerprint density at radius 3 is 2.64 bits per heavy atom. The summed E-state index contributed by atoms with van der Waals surface area (Å²) in [5.74, 6) is 0.242. The highest BCUT2D eigenvalue weighted by Gasteiger charge is 2.24. The quantitative estimate of drug-likeness (QED) is 0.584. The predicted molar refractivity (Wildman–Crippen MR) is 119 cm³/mol. The van der Waals surface area contributed by atoms with Gasteiger partial charge in [0, 0.05) is 50.9 Å². The number of carbonyl (C=O) groups is 1. The van der Waals surface area contributed by atoms with Crippen LogP contribution in [0.4, 0.5) is 10.2 Å². The molecule has 3 aromatic heterocycles. The lowest BCUT2D eigenvalue weighted by atomic mass is 10.1. The monoisotopic (exact) mass is 452 g/mol. The summed E-state index contributed by atoms with van der Waals surface area (Å²) in [6.45, 7) is 3.72. The number of rotatable bonds is 7. The van der Waals surface area contributed by atoms with Gasteiger partial charge >= 0.3 is 0 Å². The van der Waals surface area contributed by atoms with E-state index in [-0.39, 0.29) is 23.6 Å². The zero-order chi connectivity index (χ0) is 23.2. The van der Waals surface area contributed by atoms with Crippen molar-refractivity contribution in [2.24, 2.45) is 0 Å². The van der Waals surface area contributed by atoms with E-state index in [1.54, 1.807) is 18.5 Å². The number of hydrogen-bond acceptors (Lipinski definition) is 8. The van der Waals surface area contributed by atoms with Crippen molar-refractivity contribution < 1.29 is 18.7 Å². The van der Waals surface area contributed by atoms with Gasteiger partial charge < -0.3 is 19.7 Å². The number of piperidine rings is 1. The number of pyridine rings is 2. The fourth-order valence-electron chi connectivity index (χ4n) is 3.68. The smallest absolute Gasteiger partial charge is 0.272 e. The summed E-state index contributed by atoms with van der Waals surface area (Å²) >= 11 is 0. The summed E-state index contributed by atoms with van der Waals surface area (Å²) < 4.78 is 24.6. The minimum atomic E-state index is -0.553. The number of aromatic nitrogens is 4. The molecular weight excluding hydrogens is 427 g/mol. The highest BCUT2D eigenvalue weighted by Crippen LogP contribution is 2.25. The lowest BCUT2D eigenvalue weighted by Gasteiger charge is -2.33. The first-order valence-corrected chi connectivity index (χ1v) is 10.7. The third-order valence-corrected chi connectivity index (χ3v) is 5.41. The molecule has 0 atom stereocenters. The number of ether oxygens (including phenoxy) is 2. The highest BCUT2D eigenvalue weighted by molar-refractivity contribution is 5.92. The van der Waals surface area contributed by atoms with Crippen LogP contribution in [0.2, 0.25) is 0 Å². The average Bonchev–Trinajstić information content (AvgIpc) is 2.84. The molecule has 10 heteroatoms. The normalized spacial score (nSPS) is 14.1. The summed E-state index contributed by atoms with van der Waals surface area (Å²) in [4.78, 5) is 22.4.